The summed E-state index contributed by atoms with van der Waals surface area (Å²) in [6.07, 6.45) is 1.73. The number of halogens is 1. The Labute approximate surface area is 118 Å². The Balaban J connectivity index is 2.42. The van der Waals surface area contributed by atoms with Gasteiger partial charge >= 0.3 is 0 Å². The number of hydrogen-bond donors (Lipinski definition) is 1. The van der Waals surface area contributed by atoms with E-state index in [0.717, 1.165) is 10.0 Å². The zero-order chi connectivity index (χ0) is 13.1. The van der Waals surface area contributed by atoms with E-state index in [4.69, 9.17) is 18.0 Å². The second-order valence-corrected chi connectivity index (χ2v) is 5.10. The van der Waals surface area contributed by atoms with E-state index < -0.39 is 0 Å². The van der Waals surface area contributed by atoms with Crippen molar-refractivity contribution in [2.45, 2.75) is 6.54 Å². The van der Waals surface area contributed by atoms with Crippen LogP contribution in [0.25, 0.3) is 0 Å². The third-order valence-electron chi connectivity index (χ3n) is 2.58. The summed E-state index contributed by atoms with van der Waals surface area (Å²) in [6, 6.07) is 11.2. The zero-order valence-electron chi connectivity index (χ0n) is 9.47. The van der Waals surface area contributed by atoms with Crippen molar-refractivity contribution in [3.63, 3.8) is 0 Å². The van der Waals surface area contributed by atoms with Crippen molar-refractivity contribution in [3.8, 4) is 0 Å². The largest absolute Gasteiger partial charge is 0.389 e. The molecule has 0 aliphatic carbocycles. The van der Waals surface area contributed by atoms with Gasteiger partial charge in [-0.25, -0.2) is 0 Å². The van der Waals surface area contributed by atoms with E-state index in [0.29, 0.717) is 12.1 Å². The topological polar surface area (TPSA) is 48.0 Å². The lowest BCUT2D eigenvalue weighted by Gasteiger charge is -2.09. The molecular weight excluding hydrogens is 312 g/mol. The molecule has 0 unspecified atom stereocenters. The van der Waals surface area contributed by atoms with Gasteiger partial charge in [0.25, 0.3) is 5.56 Å². The van der Waals surface area contributed by atoms with E-state index in [2.05, 4.69) is 15.9 Å². The van der Waals surface area contributed by atoms with Crippen LogP contribution in [-0.4, -0.2) is 9.56 Å². The lowest BCUT2D eigenvalue weighted by Crippen LogP contribution is -2.28. The van der Waals surface area contributed by atoms with Gasteiger partial charge in [0.1, 0.15) is 4.99 Å². The Kier molecular flexibility index (Phi) is 3.93. The number of benzene rings is 1. The van der Waals surface area contributed by atoms with E-state index in [9.17, 15) is 4.79 Å². The summed E-state index contributed by atoms with van der Waals surface area (Å²) in [5, 5.41) is 0. The molecule has 0 radical (unpaired) electrons. The summed E-state index contributed by atoms with van der Waals surface area (Å²) in [5.41, 5.74) is 6.75. The predicted octanol–water partition coefficient (Wildman–Crippen LogP) is 2.29. The van der Waals surface area contributed by atoms with Gasteiger partial charge in [-0.2, -0.15) is 0 Å². The van der Waals surface area contributed by atoms with Gasteiger partial charge in [0.2, 0.25) is 0 Å². The molecule has 1 aromatic heterocycles. The van der Waals surface area contributed by atoms with Crippen LogP contribution in [0.15, 0.2) is 51.9 Å². The molecule has 0 spiro atoms. The van der Waals surface area contributed by atoms with E-state index in [1.165, 1.54) is 0 Å². The SMILES string of the molecule is NC(=S)c1cccn(Cc2ccccc2Br)c1=O. The number of nitrogens with zero attached hydrogens (tertiary/aromatic N) is 1. The van der Waals surface area contributed by atoms with Crippen LogP contribution in [0.4, 0.5) is 0 Å². The van der Waals surface area contributed by atoms with Gasteiger partial charge < -0.3 is 10.3 Å². The number of aromatic nitrogens is 1. The molecule has 0 aliphatic heterocycles. The molecular formula is C13H11BrN2OS. The quantitative estimate of drug-likeness (QED) is 0.882. The van der Waals surface area contributed by atoms with Crippen molar-refractivity contribution in [1.82, 2.24) is 4.57 Å². The standard InChI is InChI=1S/C13H11BrN2OS/c14-11-6-2-1-4-9(11)8-16-7-3-5-10(12(15)18)13(16)17/h1-7H,8H2,(H2,15,18). The van der Waals surface area contributed by atoms with E-state index >= 15 is 0 Å². The first-order chi connectivity index (χ1) is 8.59. The first kappa shape index (κ1) is 13.0. The van der Waals surface area contributed by atoms with Gasteiger partial charge in [-0.05, 0) is 23.8 Å². The van der Waals surface area contributed by atoms with Gasteiger partial charge in [0.15, 0.2) is 0 Å². The molecule has 92 valence electrons. The van der Waals surface area contributed by atoms with Crippen LogP contribution in [0.3, 0.4) is 0 Å². The molecule has 1 heterocycles. The van der Waals surface area contributed by atoms with Crippen molar-refractivity contribution in [3.05, 3.63) is 68.5 Å². The van der Waals surface area contributed by atoms with Gasteiger partial charge in [-0.1, -0.05) is 46.3 Å². The van der Waals surface area contributed by atoms with Crippen LogP contribution in [0, 0.1) is 0 Å². The Hall–Kier alpha value is -1.46. The smallest absolute Gasteiger partial charge is 0.261 e. The van der Waals surface area contributed by atoms with Crippen LogP contribution in [-0.2, 0) is 6.54 Å². The van der Waals surface area contributed by atoms with E-state index in [-0.39, 0.29) is 10.5 Å². The molecule has 0 saturated heterocycles. The number of hydrogen-bond acceptors (Lipinski definition) is 2. The minimum absolute atomic E-state index is 0.126. The number of rotatable bonds is 3. The van der Waals surface area contributed by atoms with Crippen molar-refractivity contribution < 1.29 is 0 Å². The summed E-state index contributed by atoms with van der Waals surface area (Å²) < 4.78 is 2.56. The fourth-order valence-electron chi connectivity index (χ4n) is 1.66. The molecule has 5 heteroatoms. The summed E-state index contributed by atoms with van der Waals surface area (Å²) in [6.45, 7) is 0.483. The molecule has 1 aromatic carbocycles. The number of pyridine rings is 1. The minimum atomic E-state index is -0.166. The first-order valence-corrected chi connectivity index (χ1v) is 6.52. The molecule has 0 saturated carbocycles. The van der Waals surface area contributed by atoms with E-state index in [1.54, 1.807) is 22.9 Å². The summed E-state index contributed by atoms with van der Waals surface area (Å²) in [5.74, 6) is 0. The minimum Gasteiger partial charge on any atom is -0.389 e. The average Bonchev–Trinajstić information content (AvgIpc) is 2.34. The van der Waals surface area contributed by atoms with Gasteiger partial charge in [-0.3, -0.25) is 4.79 Å². The van der Waals surface area contributed by atoms with Crippen LogP contribution < -0.4 is 11.3 Å². The second kappa shape index (κ2) is 5.46. The molecule has 3 nitrogen and oxygen atoms in total. The van der Waals surface area contributed by atoms with Crippen LogP contribution in [0.5, 0.6) is 0 Å². The molecule has 0 atom stereocenters. The van der Waals surface area contributed by atoms with Crippen molar-refractivity contribution in [2.75, 3.05) is 0 Å². The molecule has 0 bridgehead atoms. The molecule has 0 amide bonds. The van der Waals surface area contributed by atoms with Gasteiger partial charge in [0.05, 0.1) is 12.1 Å². The predicted molar refractivity (Wildman–Crippen MR) is 79.8 cm³/mol. The Morgan fingerprint density at radius 2 is 2.00 bits per heavy atom. The van der Waals surface area contributed by atoms with Crippen molar-refractivity contribution >= 4 is 33.1 Å². The Morgan fingerprint density at radius 1 is 1.28 bits per heavy atom. The highest BCUT2D eigenvalue weighted by Gasteiger charge is 2.07. The second-order valence-electron chi connectivity index (χ2n) is 3.81. The van der Waals surface area contributed by atoms with Crippen LogP contribution in [0.1, 0.15) is 11.1 Å². The maximum atomic E-state index is 12.1. The highest BCUT2D eigenvalue weighted by molar-refractivity contribution is 9.10. The van der Waals surface area contributed by atoms with Crippen LogP contribution >= 0.6 is 28.1 Å². The maximum absolute atomic E-state index is 12.1. The highest BCUT2D eigenvalue weighted by atomic mass is 79.9. The van der Waals surface area contributed by atoms with Gasteiger partial charge in [-0.15, -0.1) is 0 Å². The fourth-order valence-corrected chi connectivity index (χ4v) is 2.22. The third-order valence-corrected chi connectivity index (χ3v) is 3.58. The maximum Gasteiger partial charge on any atom is 0.261 e. The first-order valence-electron chi connectivity index (χ1n) is 5.32. The molecule has 2 aromatic rings. The van der Waals surface area contributed by atoms with Crippen molar-refractivity contribution in [2.24, 2.45) is 5.73 Å². The summed E-state index contributed by atoms with van der Waals surface area (Å²) >= 11 is 8.31. The average molecular weight is 323 g/mol. The highest BCUT2D eigenvalue weighted by Crippen LogP contribution is 2.16. The molecule has 2 rings (SSSR count). The lowest BCUT2D eigenvalue weighted by atomic mass is 10.2. The monoisotopic (exact) mass is 322 g/mol. The van der Waals surface area contributed by atoms with E-state index in [1.807, 2.05) is 24.3 Å². The Bertz CT molecular complexity index is 651. The number of thiocarbonyl (C=S) groups is 1. The van der Waals surface area contributed by atoms with Crippen LogP contribution in [0.2, 0.25) is 0 Å². The summed E-state index contributed by atoms with van der Waals surface area (Å²) in [4.78, 5) is 12.2. The fraction of sp³-hybridized carbons (Fsp3) is 0.0769. The zero-order valence-corrected chi connectivity index (χ0v) is 11.9. The normalized spacial score (nSPS) is 10.3. The Morgan fingerprint density at radius 3 is 2.67 bits per heavy atom. The molecule has 0 fully saturated rings. The lowest BCUT2D eigenvalue weighted by molar-refractivity contribution is 0.755. The van der Waals surface area contributed by atoms with Gasteiger partial charge in [0, 0.05) is 10.7 Å². The third kappa shape index (κ3) is 2.68. The molecule has 18 heavy (non-hydrogen) atoms. The molecule has 0 aliphatic rings. The number of nitrogens with two attached hydrogens (primary N) is 1. The van der Waals surface area contributed by atoms with Crippen molar-refractivity contribution in [1.29, 1.82) is 0 Å². The molecule has 2 N–H and O–H groups in total. The summed E-state index contributed by atoms with van der Waals surface area (Å²) in [7, 11) is 0.